The van der Waals surface area contributed by atoms with E-state index < -0.39 is 6.03 Å². The van der Waals surface area contributed by atoms with E-state index in [1.165, 1.54) is 23.9 Å². The van der Waals surface area contributed by atoms with E-state index >= 15 is 0 Å². The first kappa shape index (κ1) is 27.5. The van der Waals surface area contributed by atoms with E-state index in [-0.39, 0.29) is 18.1 Å². The number of pyridine rings is 2. The molecule has 3 amide bonds. The molecule has 3 N–H and O–H groups in total. The molecule has 2 aliphatic rings. The van der Waals surface area contributed by atoms with Crippen molar-refractivity contribution in [2.24, 2.45) is 0 Å². The number of carbonyl (C=O) groups excluding carboxylic acids is 3. The molecule has 0 spiro atoms. The molecule has 0 unspecified atom stereocenters. The smallest absolute Gasteiger partial charge is 0.328 e. The standard InChI is InChI=1S/C21H23N7O4.C4H8O/c1-32-6-4-24-17-8-19(25-11-16(17)9-22)27-21(31)28-5-2-3-14-7-15(10-23-13-30)18(12-29)26-20(14)28;1-2-4-5-3-1/h7-8,11-13H,2-6,10H2,1H3,(H,23,30)(H2,24,25,27,31);1-4H2. The summed E-state index contributed by atoms with van der Waals surface area (Å²) in [4.78, 5) is 45.1. The molecule has 2 aromatic heterocycles. The van der Waals surface area contributed by atoms with Crippen LogP contribution in [0.3, 0.4) is 0 Å². The van der Waals surface area contributed by atoms with Crippen molar-refractivity contribution in [1.29, 1.82) is 5.26 Å². The Morgan fingerprint density at radius 2 is 2.08 bits per heavy atom. The van der Waals surface area contributed by atoms with Gasteiger partial charge in [0.25, 0.3) is 0 Å². The third-order valence-corrected chi connectivity index (χ3v) is 5.72. The van der Waals surface area contributed by atoms with E-state index in [9.17, 15) is 19.6 Å². The second-order valence-corrected chi connectivity index (χ2v) is 8.28. The van der Waals surface area contributed by atoms with Crippen LogP contribution in [-0.4, -0.2) is 68.7 Å². The quantitative estimate of drug-likeness (QED) is 0.340. The molecule has 2 aromatic rings. The second kappa shape index (κ2) is 14.5. The van der Waals surface area contributed by atoms with Gasteiger partial charge in [0.05, 0.1) is 17.9 Å². The lowest BCUT2D eigenvalue weighted by Crippen LogP contribution is -2.40. The molecule has 37 heavy (non-hydrogen) atoms. The fourth-order valence-corrected chi connectivity index (χ4v) is 3.88. The van der Waals surface area contributed by atoms with Crippen molar-refractivity contribution in [2.45, 2.75) is 32.2 Å². The number of urea groups is 1. The fraction of sp³-hybridized carbons (Fsp3) is 0.440. The van der Waals surface area contributed by atoms with Gasteiger partial charge in [-0.05, 0) is 37.3 Å². The number of fused-ring (bicyclic) bond motifs is 1. The number of carbonyl (C=O) groups is 3. The van der Waals surface area contributed by atoms with Crippen molar-refractivity contribution in [3.63, 3.8) is 0 Å². The van der Waals surface area contributed by atoms with Crippen molar-refractivity contribution in [2.75, 3.05) is 55.6 Å². The molecule has 2 aliphatic heterocycles. The molecule has 12 nitrogen and oxygen atoms in total. The summed E-state index contributed by atoms with van der Waals surface area (Å²) in [6.45, 7) is 3.54. The zero-order valence-electron chi connectivity index (χ0n) is 20.8. The van der Waals surface area contributed by atoms with Crippen LogP contribution < -0.4 is 20.9 Å². The van der Waals surface area contributed by atoms with Gasteiger partial charge >= 0.3 is 6.03 Å². The van der Waals surface area contributed by atoms with Gasteiger partial charge < -0.3 is 20.1 Å². The summed E-state index contributed by atoms with van der Waals surface area (Å²) >= 11 is 0. The number of hydrogen-bond acceptors (Lipinski definition) is 9. The summed E-state index contributed by atoms with van der Waals surface area (Å²) in [5, 5.41) is 17.6. The molecule has 0 saturated carbocycles. The zero-order valence-corrected chi connectivity index (χ0v) is 20.8. The molecule has 0 bridgehead atoms. The van der Waals surface area contributed by atoms with Gasteiger partial charge in [0.2, 0.25) is 6.41 Å². The van der Waals surface area contributed by atoms with Crippen LogP contribution in [0.4, 0.5) is 22.1 Å². The highest BCUT2D eigenvalue weighted by Gasteiger charge is 2.26. The van der Waals surface area contributed by atoms with Crippen molar-refractivity contribution >= 4 is 36.1 Å². The van der Waals surface area contributed by atoms with E-state index in [0.717, 1.165) is 18.8 Å². The Hall–Kier alpha value is -4.08. The first-order chi connectivity index (χ1) is 18.1. The molecule has 12 heteroatoms. The predicted molar refractivity (Wildman–Crippen MR) is 137 cm³/mol. The minimum absolute atomic E-state index is 0.166. The van der Waals surface area contributed by atoms with Crippen LogP contribution in [-0.2, 0) is 27.2 Å². The number of nitriles is 1. The van der Waals surface area contributed by atoms with Crippen LogP contribution in [0.5, 0.6) is 0 Å². The van der Waals surface area contributed by atoms with E-state index in [0.29, 0.717) is 67.9 Å². The molecule has 4 heterocycles. The van der Waals surface area contributed by atoms with Gasteiger partial charge in [-0.25, -0.2) is 14.8 Å². The molecular weight excluding hydrogens is 478 g/mol. The Kier molecular flexibility index (Phi) is 10.8. The maximum atomic E-state index is 13.0. The van der Waals surface area contributed by atoms with Gasteiger partial charge in [-0.2, -0.15) is 5.26 Å². The Balaban J connectivity index is 0.000000678. The number of aldehydes is 1. The van der Waals surface area contributed by atoms with Crippen molar-refractivity contribution in [3.05, 3.63) is 40.7 Å². The normalized spacial score (nSPS) is 13.9. The summed E-state index contributed by atoms with van der Waals surface area (Å²) in [5.74, 6) is 0.668. The number of nitrogens with zero attached hydrogens (tertiary/aromatic N) is 4. The van der Waals surface area contributed by atoms with Crippen molar-refractivity contribution in [1.82, 2.24) is 15.3 Å². The van der Waals surface area contributed by atoms with Crippen LogP contribution in [0.25, 0.3) is 0 Å². The van der Waals surface area contributed by atoms with E-state index in [1.54, 1.807) is 19.2 Å². The summed E-state index contributed by atoms with van der Waals surface area (Å²) in [6, 6.07) is 4.97. The average Bonchev–Trinajstić information content (AvgIpc) is 3.52. The number of ether oxygens (including phenoxy) is 2. The lowest BCUT2D eigenvalue weighted by atomic mass is 10.0. The molecule has 0 atom stereocenters. The summed E-state index contributed by atoms with van der Waals surface area (Å²) < 4.78 is 9.95. The minimum Gasteiger partial charge on any atom is -0.383 e. The number of anilines is 3. The highest BCUT2D eigenvalue weighted by Crippen LogP contribution is 2.28. The van der Waals surface area contributed by atoms with Crippen LogP contribution in [0.2, 0.25) is 0 Å². The minimum atomic E-state index is -0.450. The topological polar surface area (TPSA) is 159 Å². The number of methoxy groups -OCH3 is 1. The first-order valence-corrected chi connectivity index (χ1v) is 12.1. The van der Waals surface area contributed by atoms with Gasteiger partial charge in [-0.15, -0.1) is 0 Å². The summed E-state index contributed by atoms with van der Waals surface area (Å²) in [6.07, 6.45) is 6.50. The van der Waals surface area contributed by atoms with Crippen LogP contribution in [0.15, 0.2) is 18.3 Å². The fourth-order valence-electron chi connectivity index (χ4n) is 3.88. The van der Waals surface area contributed by atoms with Gasteiger partial charge in [0.1, 0.15) is 23.4 Å². The second-order valence-electron chi connectivity index (χ2n) is 8.28. The molecule has 1 fully saturated rings. The highest BCUT2D eigenvalue weighted by molar-refractivity contribution is 6.01. The number of nitrogens with one attached hydrogen (secondary N) is 3. The molecule has 0 aliphatic carbocycles. The number of aromatic nitrogens is 2. The SMILES string of the molecule is C1CCOC1.COCCNc1cc(NC(=O)N2CCCc3cc(CNC=O)c(C=O)nc32)ncc1C#N. The Labute approximate surface area is 215 Å². The largest absolute Gasteiger partial charge is 0.383 e. The number of amides is 3. The Morgan fingerprint density at radius 1 is 1.27 bits per heavy atom. The lowest BCUT2D eigenvalue weighted by molar-refractivity contribution is -0.109. The number of aryl methyl sites for hydroxylation is 1. The van der Waals surface area contributed by atoms with Gasteiger partial charge in [0, 0.05) is 57.8 Å². The average molecular weight is 510 g/mol. The highest BCUT2D eigenvalue weighted by atomic mass is 16.5. The van der Waals surface area contributed by atoms with Crippen LogP contribution in [0, 0.1) is 11.3 Å². The van der Waals surface area contributed by atoms with Crippen molar-refractivity contribution in [3.8, 4) is 6.07 Å². The third kappa shape index (κ3) is 7.70. The van der Waals surface area contributed by atoms with Crippen LogP contribution in [0.1, 0.15) is 46.4 Å². The predicted octanol–water partition coefficient (Wildman–Crippen LogP) is 2.25. The number of hydrogen-bond donors (Lipinski definition) is 3. The molecule has 4 rings (SSSR count). The molecule has 0 aromatic carbocycles. The van der Waals surface area contributed by atoms with E-state index in [4.69, 9.17) is 9.47 Å². The zero-order chi connectivity index (χ0) is 26.5. The summed E-state index contributed by atoms with van der Waals surface area (Å²) in [5.41, 5.74) is 2.45. The first-order valence-electron chi connectivity index (χ1n) is 12.1. The van der Waals surface area contributed by atoms with E-state index in [1.807, 2.05) is 0 Å². The Morgan fingerprint density at radius 3 is 2.73 bits per heavy atom. The molecular formula is C25H31N7O5. The van der Waals surface area contributed by atoms with Gasteiger partial charge in [-0.3, -0.25) is 19.8 Å². The van der Waals surface area contributed by atoms with Gasteiger partial charge in [-0.1, -0.05) is 0 Å². The van der Waals surface area contributed by atoms with E-state index in [2.05, 4.69) is 32.0 Å². The van der Waals surface area contributed by atoms with Crippen molar-refractivity contribution < 1.29 is 23.9 Å². The molecule has 1 saturated heterocycles. The third-order valence-electron chi connectivity index (χ3n) is 5.72. The van der Waals surface area contributed by atoms with Gasteiger partial charge in [0.15, 0.2) is 6.29 Å². The molecule has 196 valence electrons. The Bertz CT molecular complexity index is 1120. The molecule has 0 radical (unpaired) electrons. The summed E-state index contributed by atoms with van der Waals surface area (Å²) in [7, 11) is 1.58. The maximum Gasteiger partial charge on any atom is 0.328 e. The van der Waals surface area contributed by atoms with Crippen LogP contribution >= 0.6 is 0 Å². The lowest BCUT2D eigenvalue weighted by Gasteiger charge is -2.29. The monoisotopic (exact) mass is 509 g/mol. The number of rotatable bonds is 9. The maximum absolute atomic E-state index is 13.0.